The molecule has 1 rings (SSSR count). The van der Waals surface area contributed by atoms with Gasteiger partial charge in [0, 0.05) is 23.8 Å². The molecular weight excluding hydrogens is 292 g/mol. The number of carboxylic acids is 1. The molecule has 0 bridgehead atoms. The molecule has 5 nitrogen and oxygen atoms in total. The number of carbonyl (C=O) groups excluding carboxylic acids is 1. The van der Waals surface area contributed by atoms with Crippen LogP contribution in [0.5, 0.6) is 0 Å². The van der Waals surface area contributed by atoms with Gasteiger partial charge in [-0.05, 0) is 37.1 Å². The second-order valence-corrected chi connectivity index (χ2v) is 5.16. The molecule has 0 aromatic heterocycles. The molecule has 1 aromatic carbocycles. The van der Waals surface area contributed by atoms with Crippen molar-refractivity contribution in [2.75, 3.05) is 24.5 Å². The van der Waals surface area contributed by atoms with E-state index in [1.54, 1.807) is 29.2 Å². The van der Waals surface area contributed by atoms with Gasteiger partial charge in [0.25, 0.3) is 0 Å². The molecule has 0 fully saturated rings. The van der Waals surface area contributed by atoms with Crippen LogP contribution in [-0.4, -0.2) is 41.6 Å². The first-order valence-corrected chi connectivity index (χ1v) is 7.41. The summed E-state index contributed by atoms with van der Waals surface area (Å²) in [6, 6.07) is 6.30. The number of hydrogen-bond donors (Lipinski definition) is 1. The second kappa shape index (κ2) is 8.52. The number of nitrogens with zero attached hydrogens (tertiary/aromatic N) is 2. The predicted molar refractivity (Wildman–Crippen MR) is 84.0 cm³/mol. The molecule has 0 aliphatic rings. The van der Waals surface area contributed by atoms with E-state index in [4.69, 9.17) is 16.7 Å². The van der Waals surface area contributed by atoms with Gasteiger partial charge in [0.2, 0.25) is 0 Å². The SMILES string of the molecule is CCCN(CCC)C(=O)N(CC(=O)O)c1ccc(Cl)cc1. The molecule has 1 N–H and O–H groups in total. The number of anilines is 1. The first-order valence-electron chi connectivity index (χ1n) is 7.03. The van der Waals surface area contributed by atoms with Crippen LogP contribution in [0.15, 0.2) is 24.3 Å². The van der Waals surface area contributed by atoms with E-state index in [0.717, 1.165) is 12.8 Å². The van der Waals surface area contributed by atoms with Gasteiger partial charge in [0.15, 0.2) is 0 Å². The highest BCUT2D eigenvalue weighted by atomic mass is 35.5. The topological polar surface area (TPSA) is 60.9 Å². The monoisotopic (exact) mass is 312 g/mol. The van der Waals surface area contributed by atoms with E-state index in [1.807, 2.05) is 13.8 Å². The van der Waals surface area contributed by atoms with Gasteiger partial charge < -0.3 is 10.0 Å². The van der Waals surface area contributed by atoms with Crippen molar-refractivity contribution in [2.24, 2.45) is 0 Å². The number of aliphatic carboxylic acids is 1. The second-order valence-electron chi connectivity index (χ2n) is 4.73. The Hall–Kier alpha value is -1.75. The zero-order valence-corrected chi connectivity index (χ0v) is 13.1. The molecule has 1 aromatic rings. The van der Waals surface area contributed by atoms with Crippen LogP contribution in [0.2, 0.25) is 5.02 Å². The quantitative estimate of drug-likeness (QED) is 0.838. The van der Waals surface area contributed by atoms with Crippen molar-refractivity contribution >= 4 is 29.3 Å². The molecule has 0 heterocycles. The summed E-state index contributed by atoms with van der Waals surface area (Å²) in [5.74, 6) is -1.05. The maximum Gasteiger partial charge on any atom is 0.325 e. The zero-order chi connectivity index (χ0) is 15.8. The Morgan fingerprint density at radius 3 is 2.05 bits per heavy atom. The lowest BCUT2D eigenvalue weighted by molar-refractivity contribution is -0.135. The third-order valence-electron chi connectivity index (χ3n) is 2.92. The lowest BCUT2D eigenvalue weighted by Gasteiger charge is -2.29. The standard InChI is InChI=1S/C15H21ClN2O3/c1-3-9-17(10-4-2)15(21)18(11-14(19)20)13-7-5-12(16)6-8-13/h5-8H,3-4,9-11H2,1-2H3,(H,19,20). The molecule has 0 saturated heterocycles. The third kappa shape index (κ3) is 5.27. The van der Waals surface area contributed by atoms with Crippen molar-refractivity contribution in [1.29, 1.82) is 0 Å². The maximum atomic E-state index is 12.6. The zero-order valence-electron chi connectivity index (χ0n) is 12.4. The average Bonchev–Trinajstić information content (AvgIpc) is 2.45. The number of urea groups is 1. The van der Waals surface area contributed by atoms with Crippen LogP contribution in [0, 0.1) is 0 Å². The summed E-state index contributed by atoms with van der Waals surface area (Å²) >= 11 is 5.83. The van der Waals surface area contributed by atoms with Crippen LogP contribution < -0.4 is 4.90 Å². The van der Waals surface area contributed by atoms with Crippen LogP contribution in [0.25, 0.3) is 0 Å². The van der Waals surface area contributed by atoms with Crippen LogP contribution in [0.4, 0.5) is 10.5 Å². The number of hydrogen-bond acceptors (Lipinski definition) is 2. The fraction of sp³-hybridized carbons (Fsp3) is 0.467. The maximum absolute atomic E-state index is 12.6. The highest BCUT2D eigenvalue weighted by molar-refractivity contribution is 6.30. The molecular formula is C15H21ClN2O3. The summed E-state index contributed by atoms with van der Waals surface area (Å²) < 4.78 is 0. The van der Waals surface area contributed by atoms with Crippen LogP contribution in [-0.2, 0) is 4.79 Å². The summed E-state index contributed by atoms with van der Waals surface area (Å²) in [6.07, 6.45) is 1.65. The Balaban J connectivity index is 3.02. The molecule has 0 radical (unpaired) electrons. The van der Waals surface area contributed by atoms with E-state index < -0.39 is 5.97 Å². The highest BCUT2D eigenvalue weighted by Crippen LogP contribution is 2.19. The summed E-state index contributed by atoms with van der Waals surface area (Å²) in [4.78, 5) is 26.6. The van der Waals surface area contributed by atoms with Gasteiger partial charge in [-0.2, -0.15) is 0 Å². The number of carboxylic acid groups (broad SMARTS) is 1. The Labute approximate surface area is 130 Å². The summed E-state index contributed by atoms with van der Waals surface area (Å²) in [6.45, 7) is 4.82. The van der Waals surface area contributed by atoms with Crippen molar-refractivity contribution in [2.45, 2.75) is 26.7 Å². The Bertz CT molecular complexity index is 470. The number of benzene rings is 1. The fourth-order valence-electron chi connectivity index (χ4n) is 2.04. The molecule has 0 saturated carbocycles. The lowest BCUT2D eigenvalue weighted by Crippen LogP contribution is -2.46. The van der Waals surface area contributed by atoms with E-state index in [9.17, 15) is 9.59 Å². The van der Waals surface area contributed by atoms with Crippen molar-refractivity contribution < 1.29 is 14.7 Å². The Kier molecular flexibility index (Phi) is 7.02. The van der Waals surface area contributed by atoms with E-state index in [0.29, 0.717) is 23.8 Å². The van der Waals surface area contributed by atoms with Crippen LogP contribution in [0.3, 0.4) is 0 Å². The molecule has 21 heavy (non-hydrogen) atoms. The molecule has 116 valence electrons. The summed E-state index contributed by atoms with van der Waals surface area (Å²) in [7, 11) is 0. The first-order chi connectivity index (χ1) is 9.99. The van der Waals surface area contributed by atoms with Gasteiger partial charge in [-0.15, -0.1) is 0 Å². The fourth-order valence-corrected chi connectivity index (χ4v) is 2.17. The lowest BCUT2D eigenvalue weighted by atomic mass is 10.3. The van der Waals surface area contributed by atoms with Gasteiger partial charge in [-0.3, -0.25) is 9.69 Å². The Morgan fingerprint density at radius 2 is 1.62 bits per heavy atom. The van der Waals surface area contributed by atoms with E-state index in [2.05, 4.69) is 0 Å². The summed E-state index contributed by atoms with van der Waals surface area (Å²) in [5.41, 5.74) is 0.531. The first kappa shape index (κ1) is 17.3. The number of halogens is 1. The van der Waals surface area contributed by atoms with Crippen LogP contribution in [0.1, 0.15) is 26.7 Å². The molecule has 0 aliphatic carbocycles. The minimum atomic E-state index is -1.05. The third-order valence-corrected chi connectivity index (χ3v) is 3.17. The van der Waals surface area contributed by atoms with E-state index in [-0.39, 0.29) is 12.6 Å². The van der Waals surface area contributed by atoms with Gasteiger partial charge in [0.05, 0.1) is 0 Å². The van der Waals surface area contributed by atoms with Crippen molar-refractivity contribution in [3.8, 4) is 0 Å². The molecule has 2 amide bonds. The largest absolute Gasteiger partial charge is 0.480 e. The smallest absolute Gasteiger partial charge is 0.325 e. The van der Waals surface area contributed by atoms with Gasteiger partial charge in [-0.1, -0.05) is 25.4 Å². The van der Waals surface area contributed by atoms with Gasteiger partial charge in [-0.25, -0.2) is 4.79 Å². The number of carbonyl (C=O) groups is 2. The van der Waals surface area contributed by atoms with Crippen LogP contribution >= 0.6 is 11.6 Å². The van der Waals surface area contributed by atoms with Gasteiger partial charge >= 0.3 is 12.0 Å². The van der Waals surface area contributed by atoms with Gasteiger partial charge in [0.1, 0.15) is 6.54 Å². The average molecular weight is 313 g/mol. The highest BCUT2D eigenvalue weighted by Gasteiger charge is 2.23. The molecule has 0 spiro atoms. The predicted octanol–water partition coefficient (Wildman–Crippen LogP) is 3.47. The normalized spacial score (nSPS) is 10.2. The van der Waals surface area contributed by atoms with Crippen molar-refractivity contribution in [3.63, 3.8) is 0 Å². The summed E-state index contributed by atoms with van der Waals surface area (Å²) in [5, 5.41) is 9.59. The molecule has 0 atom stereocenters. The number of amides is 2. The van der Waals surface area contributed by atoms with Crippen molar-refractivity contribution in [3.05, 3.63) is 29.3 Å². The minimum Gasteiger partial charge on any atom is -0.480 e. The molecule has 0 aliphatic heterocycles. The van der Waals surface area contributed by atoms with Crippen molar-refractivity contribution in [1.82, 2.24) is 4.90 Å². The number of rotatable bonds is 7. The van der Waals surface area contributed by atoms with E-state index >= 15 is 0 Å². The molecule has 6 heteroatoms. The minimum absolute atomic E-state index is 0.288. The Morgan fingerprint density at radius 1 is 1.10 bits per heavy atom. The van der Waals surface area contributed by atoms with E-state index in [1.165, 1.54) is 4.90 Å². The molecule has 0 unspecified atom stereocenters.